The van der Waals surface area contributed by atoms with E-state index >= 15 is 0 Å². The Balaban J connectivity index is 2.30. The predicted molar refractivity (Wildman–Crippen MR) is 95.1 cm³/mol. The maximum absolute atomic E-state index is 13.0. The van der Waals surface area contributed by atoms with Gasteiger partial charge in [-0.3, -0.25) is 4.79 Å². The first-order valence-corrected chi connectivity index (χ1v) is 8.11. The highest BCUT2D eigenvalue weighted by Gasteiger charge is 2.18. The Hall–Kier alpha value is -2.17. The standard InChI is InChI=1S/C19H25N3O/c20-12-6-14-22(15-7-13-21)19(23)18-11-5-4-10-17(18)16-8-2-1-3-9-16/h1-5,8-11H,6-7,12-15,20-21H2. The molecule has 2 aromatic carbocycles. The van der Waals surface area contributed by atoms with Gasteiger partial charge in [0.1, 0.15) is 0 Å². The molecule has 0 unspecified atom stereocenters. The van der Waals surface area contributed by atoms with Gasteiger partial charge in [0.2, 0.25) is 0 Å². The zero-order valence-corrected chi connectivity index (χ0v) is 13.4. The first-order valence-electron chi connectivity index (χ1n) is 8.11. The largest absolute Gasteiger partial charge is 0.339 e. The van der Waals surface area contributed by atoms with E-state index in [-0.39, 0.29) is 5.91 Å². The molecule has 0 aliphatic rings. The minimum atomic E-state index is 0.0475. The highest BCUT2D eigenvalue weighted by Crippen LogP contribution is 2.24. The lowest BCUT2D eigenvalue weighted by Crippen LogP contribution is -2.35. The van der Waals surface area contributed by atoms with Crippen molar-refractivity contribution in [1.29, 1.82) is 0 Å². The number of nitrogens with zero attached hydrogens (tertiary/aromatic N) is 1. The molecule has 0 saturated heterocycles. The molecule has 1 amide bonds. The van der Waals surface area contributed by atoms with Crippen molar-refractivity contribution in [3.8, 4) is 11.1 Å². The van der Waals surface area contributed by atoms with Gasteiger partial charge in [-0.25, -0.2) is 0 Å². The summed E-state index contributed by atoms with van der Waals surface area (Å²) in [7, 11) is 0. The van der Waals surface area contributed by atoms with Gasteiger partial charge in [-0.05, 0) is 43.1 Å². The summed E-state index contributed by atoms with van der Waals surface area (Å²) in [6.07, 6.45) is 1.59. The van der Waals surface area contributed by atoms with Crippen LogP contribution in [0.5, 0.6) is 0 Å². The molecule has 2 rings (SSSR count). The smallest absolute Gasteiger partial charge is 0.254 e. The van der Waals surface area contributed by atoms with Crippen LogP contribution in [0.3, 0.4) is 0 Å². The third-order valence-corrected chi connectivity index (χ3v) is 3.79. The van der Waals surface area contributed by atoms with E-state index < -0.39 is 0 Å². The van der Waals surface area contributed by atoms with E-state index in [0.29, 0.717) is 26.2 Å². The Morgan fingerprint density at radius 3 is 2.00 bits per heavy atom. The molecule has 4 heteroatoms. The van der Waals surface area contributed by atoms with Crippen LogP contribution in [0.2, 0.25) is 0 Å². The molecule has 0 atom stereocenters. The molecule has 0 radical (unpaired) electrons. The predicted octanol–water partition coefficient (Wildman–Crippen LogP) is 2.49. The van der Waals surface area contributed by atoms with Gasteiger partial charge in [0.15, 0.2) is 0 Å². The zero-order chi connectivity index (χ0) is 16.5. The fraction of sp³-hybridized carbons (Fsp3) is 0.316. The van der Waals surface area contributed by atoms with Crippen LogP contribution in [0.15, 0.2) is 54.6 Å². The van der Waals surface area contributed by atoms with Crippen molar-refractivity contribution in [3.63, 3.8) is 0 Å². The van der Waals surface area contributed by atoms with Gasteiger partial charge < -0.3 is 16.4 Å². The van der Waals surface area contributed by atoms with Crippen LogP contribution >= 0.6 is 0 Å². The first-order chi connectivity index (χ1) is 11.3. The van der Waals surface area contributed by atoms with Gasteiger partial charge in [0.25, 0.3) is 5.91 Å². The molecule has 0 aliphatic heterocycles. The molecule has 0 heterocycles. The monoisotopic (exact) mass is 311 g/mol. The minimum absolute atomic E-state index is 0.0475. The topological polar surface area (TPSA) is 72.3 Å². The molecule has 0 spiro atoms. The van der Waals surface area contributed by atoms with Crippen molar-refractivity contribution >= 4 is 5.91 Å². The highest BCUT2D eigenvalue weighted by molar-refractivity contribution is 6.00. The fourth-order valence-corrected chi connectivity index (χ4v) is 2.59. The van der Waals surface area contributed by atoms with Gasteiger partial charge in [-0.1, -0.05) is 48.5 Å². The van der Waals surface area contributed by atoms with Crippen LogP contribution in [-0.4, -0.2) is 37.0 Å². The zero-order valence-electron chi connectivity index (χ0n) is 13.4. The number of nitrogens with two attached hydrogens (primary N) is 2. The van der Waals surface area contributed by atoms with E-state index in [4.69, 9.17) is 11.5 Å². The van der Waals surface area contributed by atoms with Crippen LogP contribution in [0.25, 0.3) is 11.1 Å². The SMILES string of the molecule is NCCCN(CCCN)C(=O)c1ccccc1-c1ccccc1. The maximum atomic E-state index is 13.0. The van der Waals surface area contributed by atoms with Crippen LogP contribution in [0.1, 0.15) is 23.2 Å². The van der Waals surface area contributed by atoms with Crippen LogP contribution in [0.4, 0.5) is 0 Å². The molecular formula is C19H25N3O. The molecule has 2 aromatic rings. The van der Waals surface area contributed by atoms with Gasteiger partial charge in [-0.15, -0.1) is 0 Å². The average Bonchev–Trinajstić information content (AvgIpc) is 2.62. The molecule has 0 aliphatic carbocycles. The van der Waals surface area contributed by atoms with Gasteiger partial charge in [0.05, 0.1) is 0 Å². The summed E-state index contributed by atoms with van der Waals surface area (Å²) in [5.41, 5.74) is 13.9. The number of carbonyl (C=O) groups excluding carboxylic acids is 1. The highest BCUT2D eigenvalue weighted by atomic mass is 16.2. The lowest BCUT2D eigenvalue weighted by Gasteiger charge is -2.23. The van der Waals surface area contributed by atoms with E-state index in [1.54, 1.807) is 0 Å². The second-order valence-corrected chi connectivity index (χ2v) is 5.49. The molecule has 0 fully saturated rings. The van der Waals surface area contributed by atoms with E-state index in [1.165, 1.54) is 0 Å². The van der Waals surface area contributed by atoms with E-state index in [0.717, 1.165) is 29.5 Å². The summed E-state index contributed by atoms with van der Waals surface area (Å²) in [6.45, 7) is 2.48. The number of benzene rings is 2. The van der Waals surface area contributed by atoms with E-state index in [9.17, 15) is 4.79 Å². The number of amides is 1. The van der Waals surface area contributed by atoms with Crippen molar-refractivity contribution in [1.82, 2.24) is 4.90 Å². The van der Waals surface area contributed by atoms with Crippen molar-refractivity contribution in [2.45, 2.75) is 12.8 Å². The Labute approximate surface area is 138 Å². The molecular weight excluding hydrogens is 286 g/mol. The second-order valence-electron chi connectivity index (χ2n) is 5.49. The van der Waals surface area contributed by atoms with Crippen molar-refractivity contribution < 1.29 is 4.79 Å². The Morgan fingerprint density at radius 1 is 0.826 bits per heavy atom. The summed E-state index contributed by atoms with van der Waals surface area (Å²) in [4.78, 5) is 14.9. The summed E-state index contributed by atoms with van der Waals surface area (Å²) in [5.74, 6) is 0.0475. The van der Waals surface area contributed by atoms with Gasteiger partial charge >= 0.3 is 0 Å². The summed E-state index contributed by atoms with van der Waals surface area (Å²) < 4.78 is 0. The molecule has 4 N–H and O–H groups in total. The third-order valence-electron chi connectivity index (χ3n) is 3.79. The van der Waals surface area contributed by atoms with E-state index in [1.807, 2.05) is 59.5 Å². The Kier molecular flexibility index (Phi) is 6.78. The van der Waals surface area contributed by atoms with Crippen molar-refractivity contribution in [2.75, 3.05) is 26.2 Å². The average molecular weight is 311 g/mol. The molecule has 23 heavy (non-hydrogen) atoms. The summed E-state index contributed by atoms with van der Waals surface area (Å²) in [6, 6.07) is 17.7. The maximum Gasteiger partial charge on any atom is 0.254 e. The normalized spacial score (nSPS) is 10.5. The third kappa shape index (κ3) is 4.65. The van der Waals surface area contributed by atoms with Crippen LogP contribution in [0, 0.1) is 0 Å². The minimum Gasteiger partial charge on any atom is -0.339 e. The number of hydrogen-bond acceptors (Lipinski definition) is 3. The van der Waals surface area contributed by atoms with Crippen LogP contribution in [-0.2, 0) is 0 Å². The molecule has 0 bridgehead atoms. The molecule has 0 aromatic heterocycles. The van der Waals surface area contributed by atoms with Crippen molar-refractivity contribution in [2.24, 2.45) is 11.5 Å². The van der Waals surface area contributed by atoms with E-state index in [2.05, 4.69) is 0 Å². The Bertz CT molecular complexity index is 605. The quantitative estimate of drug-likeness (QED) is 0.786. The number of rotatable bonds is 8. The molecule has 0 saturated carbocycles. The first kappa shape index (κ1) is 17.2. The second kappa shape index (κ2) is 9.08. The lowest BCUT2D eigenvalue weighted by molar-refractivity contribution is 0.0754. The molecule has 4 nitrogen and oxygen atoms in total. The van der Waals surface area contributed by atoms with Crippen LogP contribution < -0.4 is 11.5 Å². The van der Waals surface area contributed by atoms with Gasteiger partial charge in [0, 0.05) is 18.7 Å². The number of hydrogen-bond donors (Lipinski definition) is 2. The molecule has 122 valence electrons. The van der Waals surface area contributed by atoms with Gasteiger partial charge in [-0.2, -0.15) is 0 Å². The summed E-state index contributed by atoms with van der Waals surface area (Å²) >= 11 is 0. The number of carbonyl (C=O) groups is 1. The summed E-state index contributed by atoms with van der Waals surface area (Å²) in [5, 5.41) is 0. The lowest BCUT2D eigenvalue weighted by atomic mass is 9.98. The van der Waals surface area contributed by atoms with Crippen molar-refractivity contribution in [3.05, 3.63) is 60.2 Å². The Morgan fingerprint density at radius 2 is 1.39 bits per heavy atom. The fourth-order valence-electron chi connectivity index (χ4n) is 2.59.